The van der Waals surface area contributed by atoms with Gasteiger partial charge in [-0.2, -0.15) is 0 Å². The van der Waals surface area contributed by atoms with Gasteiger partial charge in [0, 0.05) is 0 Å². The number of phosphoric acid groups is 2. The molecule has 0 aromatic rings. The molecule has 0 spiro atoms. The fourth-order valence-electron chi connectivity index (χ4n) is 0.733. The first-order chi connectivity index (χ1) is 9.25. The summed E-state index contributed by atoms with van der Waals surface area (Å²) in [6.07, 6.45) is -5.22. The summed E-state index contributed by atoms with van der Waals surface area (Å²) in [4.78, 5) is 44.7. The fraction of sp³-hybridized carbons (Fsp3) is 0.833. The zero-order valence-corrected chi connectivity index (χ0v) is 17.9. The van der Waals surface area contributed by atoms with Gasteiger partial charge in [-0.1, -0.05) is 0 Å². The maximum Gasteiger partial charge on any atom is 1.00 e. The van der Waals surface area contributed by atoms with Gasteiger partial charge < -0.3 is 49.7 Å². The quantitative estimate of drug-likeness (QED) is 0.154. The molecule has 0 bridgehead atoms. The predicted molar refractivity (Wildman–Crippen MR) is 57.9 cm³/mol. The molecule has 17 heteroatoms. The van der Waals surface area contributed by atoms with E-state index in [0.717, 1.165) is 0 Å². The van der Waals surface area contributed by atoms with E-state index in [0.29, 0.717) is 0 Å². The average molecular weight is 402 g/mol. The molecule has 0 radical (unpaired) electrons. The number of carbonyl (C=O) groups excluding carboxylic acids is 1. The van der Waals surface area contributed by atoms with Crippen LogP contribution in [0.25, 0.3) is 0 Å². The van der Waals surface area contributed by atoms with Crippen LogP contribution < -0.4 is 68.9 Å². The van der Waals surface area contributed by atoms with Gasteiger partial charge in [0.2, 0.25) is 0 Å². The number of hydrogen-bond acceptors (Lipinski definition) is 11. The number of aliphatic hydroxyl groups is 5. The van der Waals surface area contributed by atoms with E-state index in [9.17, 15) is 23.7 Å². The third-order valence-electron chi connectivity index (χ3n) is 1.60. The minimum absolute atomic E-state index is 0. The summed E-state index contributed by atoms with van der Waals surface area (Å²) >= 11 is 0. The van der Waals surface area contributed by atoms with Gasteiger partial charge in [-0.15, -0.1) is 0 Å². The molecule has 128 valence electrons. The van der Waals surface area contributed by atoms with Crippen LogP contribution in [0.5, 0.6) is 0 Å². The molecule has 3 atom stereocenters. The van der Waals surface area contributed by atoms with Gasteiger partial charge in [0.1, 0.15) is 24.9 Å². The molecule has 0 aromatic heterocycles. The van der Waals surface area contributed by atoms with Crippen LogP contribution in [0, 0.1) is 0 Å². The Labute approximate surface area is 174 Å². The molecular formula is C6H14Na2O13P2. The number of ketones is 1. The topological polar surface area (TPSA) is 248 Å². The molecule has 0 rings (SSSR count). The van der Waals surface area contributed by atoms with Crippen molar-refractivity contribution >= 4 is 21.4 Å². The van der Waals surface area contributed by atoms with Crippen LogP contribution in [0.3, 0.4) is 0 Å². The van der Waals surface area contributed by atoms with Gasteiger partial charge >= 0.3 is 66.9 Å². The van der Waals surface area contributed by atoms with Crippen molar-refractivity contribution in [2.75, 3.05) is 13.2 Å². The molecule has 0 heterocycles. The molecule has 0 saturated heterocycles. The second-order valence-electron chi connectivity index (χ2n) is 3.33. The summed E-state index contributed by atoms with van der Waals surface area (Å²) in [5.74, 6) is -1.00. The van der Waals surface area contributed by atoms with Crippen LogP contribution in [-0.2, 0) is 18.2 Å². The zero-order chi connectivity index (χ0) is 17.4. The van der Waals surface area contributed by atoms with Crippen molar-refractivity contribution in [3.05, 3.63) is 0 Å². The monoisotopic (exact) mass is 402 g/mol. The Morgan fingerprint density at radius 2 is 1.43 bits per heavy atom. The van der Waals surface area contributed by atoms with E-state index in [1.165, 1.54) is 0 Å². The number of Topliss-reactive ketones (excluding diaryl/α,β-unsaturated/α-hetero) is 1. The minimum atomic E-state index is -5.55. The summed E-state index contributed by atoms with van der Waals surface area (Å²) in [5.41, 5.74) is 0. The van der Waals surface area contributed by atoms with Crippen molar-refractivity contribution in [3.63, 3.8) is 0 Å². The van der Waals surface area contributed by atoms with Crippen molar-refractivity contribution in [2.24, 2.45) is 0 Å². The van der Waals surface area contributed by atoms with Gasteiger partial charge in [-0.05, 0) is 0 Å². The molecule has 23 heavy (non-hydrogen) atoms. The Morgan fingerprint density at radius 3 is 1.61 bits per heavy atom. The van der Waals surface area contributed by atoms with Gasteiger partial charge in [0.25, 0.3) is 0 Å². The molecule has 0 fully saturated rings. The zero-order valence-electron chi connectivity index (χ0n) is 12.1. The molecular weight excluding hydrogens is 388 g/mol. The molecule has 13 nitrogen and oxygen atoms in total. The third-order valence-corrected chi connectivity index (χ3v) is 3.25. The first kappa shape index (κ1) is 32.4. The van der Waals surface area contributed by atoms with Crippen LogP contribution in [0.4, 0.5) is 0 Å². The first-order valence-corrected chi connectivity index (χ1v) is 7.81. The normalized spacial score (nSPS) is 15.0. The SMILES string of the molecule is O=C(CO)C(O)C(O)C(O)CO.O=P([O-])([O-])OP(=O)(O)O.[Na+].[Na+]. The van der Waals surface area contributed by atoms with E-state index in [-0.39, 0.29) is 59.1 Å². The Morgan fingerprint density at radius 1 is 1.04 bits per heavy atom. The number of hydrogen-bond donors (Lipinski definition) is 7. The smallest absolute Gasteiger partial charge is 0.789 e. The molecule has 0 aliphatic rings. The van der Waals surface area contributed by atoms with Crippen molar-refractivity contribution < 1.29 is 122 Å². The Bertz CT molecular complexity index is 387. The van der Waals surface area contributed by atoms with Crippen LogP contribution in [-0.4, -0.2) is 72.6 Å². The summed E-state index contributed by atoms with van der Waals surface area (Å²) in [6.45, 7) is -1.69. The molecule has 0 aliphatic heterocycles. The standard InChI is InChI=1S/C6H12O6.2Na.H4O7P2/c7-1-3(9)5(11)6(12)4(10)2-8;;;1-8(2,3)7-9(4,5)6/h3,5-9,11-12H,1-2H2;;;(H2,1,2,3)(H2,4,5,6)/q;2*+1;/p-2. The Hall–Kier alpha value is 1.73. The van der Waals surface area contributed by atoms with E-state index in [2.05, 4.69) is 4.31 Å². The Kier molecular flexibility index (Phi) is 20.9. The summed E-state index contributed by atoms with van der Waals surface area (Å²) in [6, 6.07) is 0. The number of aliphatic hydroxyl groups excluding tert-OH is 5. The van der Waals surface area contributed by atoms with Gasteiger partial charge in [-0.3, -0.25) is 9.11 Å². The van der Waals surface area contributed by atoms with E-state index in [1.807, 2.05) is 0 Å². The molecule has 0 saturated carbocycles. The second kappa shape index (κ2) is 14.9. The number of carbonyl (C=O) groups is 1. The van der Waals surface area contributed by atoms with Crippen LogP contribution in [0.15, 0.2) is 0 Å². The van der Waals surface area contributed by atoms with E-state index < -0.39 is 53.0 Å². The summed E-state index contributed by atoms with van der Waals surface area (Å²) in [5, 5.41) is 43.1. The molecule has 3 unspecified atom stereocenters. The molecule has 0 aliphatic carbocycles. The predicted octanol–water partition coefficient (Wildman–Crippen LogP) is -11.4. The van der Waals surface area contributed by atoms with Gasteiger partial charge in [0.05, 0.1) is 14.4 Å². The fourth-order valence-corrected chi connectivity index (χ4v) is 1.77. The third kappa shape index (κ3) is 19.9. The minimum Gasteiger partial charge on any atom is -0.789 e. The van der Waals surface area contributed by atoms with Crippen molar-refractivity contribution in [3.8, 4) is 0 Å². The second-order valence-corrected chi connectivity index (χ2v) is 5.86. The first-order valence-electron chi connectivity index (χ1n) is 4.82. The summed E-state index contributed by atoms with van der Waals surface area (Å²) < 4.78 is 21.7. The summed E-state index contributed by atoms with van der Waals surface area (Å²) in [7, 11) is -10.7. The van der Waals surface area contributed by atoms with Crippen LogP contribution >= 0.6 is 15.6 Å². The van der Waals surface area contributed by atoms with Gasteiger partial charge in [-0.25, -0.2) is 4.57 Å². The van der Waals surface area contributed by atoms with Crippen LogP contribution in [0.1, 0.15) is 0 Å². The van der Waals surface area contributed by atoms with Crippen molar-refractivity contribution in [1.82, 2.24) is 0 Å². The maximum atomic E-state index is 10.5. The van der Waals surface area contributed by atoms with Gasteiger partial charge in [0.15, 0.2) is 5.78 Å². The van der Waals surface area contributed by atoms with Crippen molar-refractivity contribution in [1.29, 1.82) is 0 Å². The van der Waals surface area contributed by atoms with E-state index >= 15 is 0 Å². The Balaban J connectivity index is -0.000000149. The van der Waals surface area contributed by atoms with E-state index in [1.54, 1.807) is 0 Å². The largest absolute Gasteiger partial charge is 1.00 e. The van der Waals surface area contributed by atoms with Crippen molar-refractivity contribution in [2.45, 2.75) is 18.3 Å². The maximum absolute atomic E-state index is 10.5. The average Bonchev–Trinajstić information content (AvgIpc) is 2.31. The number of rotatable bonds is 7. The molecule has 0 amide bonds. The molecule has 0 aromatic carbocycles. The van der Waals surface area contributed by atoms with E-state index in [4.69, 9.17) is 35.3 Å². The van der Waals surface area contributed by atoms with Crippen LogP contribution in [0.2, 0.25) is 0 Å². The molecule has 7 N–H and O–H groups in total.